The SMILES string of the molecule is C[C@@H](OC(=O)/C=C/c1ccc2c(c1)OCO2)C(=O)N[C@H](C)c1ccc(F)cc1. The summed E-state index contributed by atoms with van der Waals surface area (Å²) in [6.07, 6.45) is 1.83. The number of halogens is 1. The number of hydrogen-bond donors (Lipinski definition) is 1. The maximum atomic E-state index is 13.0. The molecule has 2 aromatic rings. The highest BCUT2D eigenvalue weighted by Crippen LogP contribution is 2.32. The van der Waals surface area contributed by atoms with Crippen molar-refractivity contribution in [3.63, 3.8) is 0 Å². The number of carbonyl (C=O) groups excluding carboxylic acids is 2. The minimum atomic E-state index is -0.975. The van der Waals surface area contributed by atoms with Gasteiger partial charge in [0.15, 0.2) is 17.6 Å². The Balaban J connectivity index is 1.51. The Morgan fingerprint density at radius 1 is 1.11 bits per heavy atom. The van der Waals surface area contributed by atoms with E-state index in [2.05, 4.69) is 5.32 Å². The van der Waals surface area contributed by atoms with Gasteiger partial charge in [0.05, 0.1) is 6.04 Å². The Labute approximate surface area is 161 Å². The van der Waals surface area contributed by atoms with E-state index in [0.717, 1.165) is 11.1 Å². The van der Waals surface area contributed by atoms with Crippen molar-refractivity contribution < 1.29 is 28.2 Å². The van der Waals surface area contributed by atoms with E-state index < -0.39 is 18.0 Å². The molecule has 1 amide bonds. The summed E-state index contributed by atoms with van der Waals surface area (Å²) >= 11 is 0. The summed E-state index contributed by atoms with van der Waals surface area (Å²) in [6.45, 7) is 3.42. The third-order valence-electron chi connectivity index (χ3n) is 4.20. The molecule has 1 heterocycles. The van der Waals surface area contributed by atoms with Crippen molar-refractivity contribution in [1.29, 1.82) is 0 Å². The first kappa shape index (κ1) is 19.4. The van der Waals surface area contributed by atoms with Crippen LogP contribution in [0, 0.1) is 5.82 Å². The summed E-state index contributed by atoms with van der Waals surface area (Å²) in [7, 11) is 0. The van der Waals surface area contributed by atoms with Gasteiger partial charge in [-0.3, -0.25) is 4.79 Å². The molecule has 7 heteroatoms. The van der Waals surface area contributed by atoms with Gasteiger partial charge in [-0.25, -0.2) is 9.18 Å². The highest BCUT2D eigenvalue weighted by Gasteiger charge is 2.19. The fourth-order valence-electron chi connectivity index (χ4n) is 2.61. The maximum Gasteiger partial charge on any atom is 0.331 e. The van der Waals surface area contributed by atoms with Crippen molar-refractivity contribution in [2.45, 2.75) is 26.0 Å². The lowest BCUT2D eigenvalue weighted by Gasteiger charge is -2.17. The van der Waals surface area contributed by atoms with Gasteiger partial charge >= 0.3 is 5.97 Å². The van der Waals surface area contributed by atoms with Crippen LogP contribution in [0.4, 0.5) is 4.39 Å². The third kappa shape index (κ3) is 4.88. The van der Waals surface area contributed by atoms with Crippen LogP contribution in [-0.2, 0) is 14.3 Å². The Bertz CT molecular complexity index is 894. The van der Waals surface area contributed by atoms with Gasteiger partial charge in [0, 0.05) is 6.08 Å². The first-order chi connectivity index (χ1) is 13.4. The van der Waals surface area contributed by atoms with Crippen molar-refractivity contribution in [1.82, 2.24) is 5.32 Å². The van der Waals surface area contributed by atoms with E-state index in [1.165, 1.54) is 25.1 Å². The molecule has 1 aliphatic heterocycles. The second-order valence-electron chi connectivity index (χ2n) is 6.31. The molecule has 0 spiro atoms. The summed E-state index contributed by atoms with van der Waals surface area (Å²) in [4.78, 5) is 24.2. The molecule has 0 radical (unpaired) electrons. The van der Waals surface area contributed by atoms with E-state index in [4.69, 9.17) is 14.2 Å². The molecule has 0 saturated heterocycles. The zero-order chi connectivity index (χ0) is 20.1. The standard InChI is InChI=1S/C21H20FNO5/c1-13(16-5-7-17(22)8-6-16)23-21(25)14(2)28-20(24)10-4-15-3-9-18-19(11-15)27-12-26-18/h3-11,13-14H,12H2,1-2H3,(H,23,25)/b10-4+/t13-,14-/m1/s1. The van der Waals surface area contributed by atoms with Crippen LogP contribution in [0.25, 0.3) is 6.08 Å². The van der Waals surface area contributed by atoms with E-state index in [1.54, 1.807) is 43.3 Å². The molecule has 0 aromatic heterocycles. The fraction of sp³-hybridized carbons (Fsp3) is 0.238. The molecule has 2 atom stereocenters. The van der Waals surface area contributed by atoms with Gasteiger partial charge in [0.2, 0.25) is 6.79 Å². The van der Waals surface area contributed by atoms with E-state index >= 15 is 0 Å². The summed E-state index contributed by atoms with van der Waals surface area (Å²) in [5.74, 6) is -0.173. The summed E-state index contributed by atoms with van der Waals surface area (Å²) < 4.78 is 28.6. The summed E-state index contributed by atoms with van der Waals surface area (Å²) in [5, 5.41) is 2.73. The highest BCUT2D eigenvalue weighted by atomic mass is 19.1. The Morgan fingerprint density at radius 2 is 1.82 bits per heavy atom. The quantitative estimate of drug-likeness (QED) is 0.610. The lowest BCUT2D eigenvalue weighted by atomic mass is 10.1. The van der Waals surface area contributed by atoms with Gasteiger partial charge in [-0.2, -0.15) is 0 Å². The number of nitrogens with one attached hydrogen (secondary N) is 1. The van der Waals surface area contributed by atoms with Crippen LogP contribution in [-0.4, -0.2) is 24.8 Å². The molecule has 0 bridgehead atoms. The van der Waals surface area contributed by atoms with Crippen molar-refractivity contribution >= 4 is 18.0 Å². The van der Waals surface area contributed by atoms with Crippen LogP contribution in [0.3, 0.4) is 0 Å². The minimum absolute atomic E-state index is 0.174. The third-order valence-corrected chi connectivity index (χ3v) is 4.20. The lowest BCUT2D eigenvalue weighted by molar-refractivity contribution is -0.150. The largest absolute Gasteiger partial charge is 0.454 e. The van der Waals surface area contributed by atoms with Gasteiger partial charge in [-0.15, -0.1) is 0 Å². The second-order valence-corrected chi connectivity index (χ2v) is 6.31. The Hall–Kier alpha value is -3.35. The van der Waals surface area contributed by atoms with E-state index in [1.807, 2.05) is 0 Å². The van der Waals surface area contributed by atoms with Gasteiger partial charge in [0.1, 0.15) is 5.82 Å². The molecule has 0 saturated carbocycles. The number of fused-ring (bicyclic) bond motifs is 1. The van der Waals surface area contributed by atoms with Crippen molar-refractivity contribution in [2.75, 3.05) is 6.79 Å². The maximum absolute atomic E-state index is 13.0. The molecule has 1 aliphatic rings. The molecule has 6 nitrogen and oxygen atoms in total. The first-order valence-corrected chi connectivity index (χ1v) is 8.76. The highest BCUT2D eigenvalue weighted by molar-refractivity contribution is 5.90. The fourth-order valence-corrected chi connectivity index (χ4v) is 2.61. The Kier molecular flexibility index (Phi) is 5.93. The predicted octanol–water partition coefficient (Wildman–Crippen LogP) is 3.38. The number of hydrogen-bond acceptors (Lipinski definition) is 5. The van der Waals surface area contributed by atoms with Crippen LogP contribution in [0.5, 0.6) is 11.5 Å². The van der Waals surface area contributed by atoms with Crippen molar-refractivity contribution in [3.05, 3.63) is 65.5 Å². The molecule has 146 valence electrons. The number of carbonyl (C=O) groups is 2. The lowest BCUT2D eigenvalue weighted by Crippen LogP contribution is -2.37. The van der Waals surface area contributed by atoms with Gasteiger partial charge in [0.25, 0.3) is 5.91 Å². The van der Waals surface area contributed by atoms with Crippen LogP contribution < -0.4 is 14.8 Å². The molecule has 28 heavy (non-hydrogen) atoms. The zero-order valence-corrected chi connectivity index (χ0v) is 15.5. The van der Waals surface area contributed by atoms with Gasteiger partial charge in [-0.1, -0.05) is 18.2 Å². The predicted molar refractivity (Wildman–Crippen MR) is 100 cm³/mol. The average Bonchev–Trinajstić information content (AvgIpc) is 3.14. The zero-order valence-electron chi connectivity index (χ0n) is 15.5. The second kappa shape index (κ2) is 8.56. The molecule has 0 unspecified atom stereocenters. The van der Waals surface area contributed by atoms with Gasteiger partial charge < -0.3 is 19.5 Å². The van der Waals surface area contributed by atoms with Crippen molar-refractivity contribution in [3.8, 4) is 11.5 Å². The van der Waals surface area contributed by atoms with Crippen molar-refractivity contribution in [2.24, 2.45) is 0 Å². The Morgan fingerprint density at radius 3 is 2.57 bits per heavy atom. The number of rotatable bonds is 6. The smallest absolute Gasteiger partial charge is 0.331 e. The van der Waals surface area contributed by atoms with E-state index in [-0.39, 0.29) is 18.7 Å². The topological polar surface area (TPSA) is 73.9 Å². The number of ether oxygens (including phenoxy) is 3. The molecule has 1 N–H and O–H groups in total. The molecule has 0 aliphatic carbocycles. The minimum Gasteiger partial charge on any atom is -0.454 e. The van der Waals surface area contributed by atoms with Crippen LogP contribution >= 0.6 is 0 Å². The molecule has 2 aromatic carbocycles. The van der Waals surface area contributed by atoms with E-state index in [0.29, 0.717) is 11.5 Å². The van der Waals surface area contributed by atoms with Crippen LogP contribution in [0.1, 0.15) is 31.0 Å². The normalized spacial score (nSPS) is 14.5. The van der Waals surface area contributed by atoms with Gasteiger partial charge in [-0.05, 0) is 55.3 Å². The summed E-state index contributed by atoms with van der Waals surface area (Å²) in [6, 6.07) is 10.7. The average molecular weight is 385 g/mol. The number of esters is 1. The van der Waals surface area contributed by atoms with Crippen LogP contribution in [0.15, 0.2) is 48.5 Å². The molecule has 3 rings (SSSR count). The van der Waals surface area contributed by atoms with Crippen LogP contribution in [0.2, 0.25) is 0 Å². The summed E-state index contributed by atoms with van der Waals surface area (Å²) in [5.41, 5.74) is 1.49. The molecular weight excluding hydrogens is 365 g/mol. The van der Waals surface area contributed by atoms with E-state index in [9.17, 15) is 14.0 Å². The monoisotopic (exact) mass is 385 g/mol. The number of amides is 1. The first-order valence-electron chi connectivity index (χ1n) is 8.76. The number of benzene rings is 2. The molecule has 0 fully saturated rings. The molecular formula is C21H20FNO5.